The number of fused-ring (bicyclic) bond motifs is 1. The minimum atomic E-state index is -0.583. The molecule has 0 aliphatic carbocycles. The predicted molar refractivity (Wildman–Crippen MR) is 79.4 cm³/mol. The molecule has 0 unspecified atom stereocenters. The third-order valence-corrected chi connectivity index (χ3v) is 3.19. The maximum absolute atomic E-state index is 11.9. The van der Waals surface area contributed by atoms with E-state index in [1.54, 1.807) is 36.5 Å². The lowest BCUT2D eigenvalue weighted by Gasteiger charge is -2.08. The van der Waals surface area contributed by atoms with Crippen molar-refractivity contribution in [3.05, 3.63) is 59.8 Å². The average Bonchev–Trinajstić information content (AvgIpc) is 2.91. The topological polar surface area (TPSA) is 54.1 Å². The zero-order chi connectivity index (χ0) is 13.9. The molecule has 3 aromatic rings. The number of rotatable bonds is 2. The highest BCUT2D eigenvalue weighted by Gasteiger charge is 2.10. The second kappa shape index (κ2) is 5.27. The Hall–Kier alpha value is -2.46. The molecule has 0 saturated heterocycles. The lowest BCUT2D eigenvalue weighted by atomic mass is 10.2. The lowest BCUT2D eigenvalue weighted by molar-refractivity contribution is 0.215. The SMILES string of the molecule is O=C(Nc1ccccc1Cl)Oc1cccc2cc[nH]c12. The van der Waals surface area contributed by atoms with E-state index in [9.17, 15) is 4.79 Å². The number of nitrogens with one attached hydrogen (secondary N) is 2. The number of carbonyl (C=O) groups excluding carboxylic acids is 1. The second-order valence-electron chi connectivity index (χ2n) is 4.19. The fourth-order valence-electron chi connectivity index (χ4n) is 1.94. The Balaban J connectivity index is 1.80. The van der Waals surface area contributed by atoms with Crippen molar-refractivity contribution in [2.75, 3.05) is 5.32 Å². The van der Waals surface area contributed by atoms with Gasteiger partial charge in [0.15, 0.2) is 5.75 Å². The van der Waals surface area contributed by atoms with Gasteiger partial charge in [0.25, 0.3) is 0 Å². The molecule has 2 aromatic carbocycles. The number of aromatic amines is 1. The molecule has 4 nitrogen and oxygen atoms in total. The van der Waals surface area contributed by atoms with E-state index in [1.165, 1.54) is 0 Å². The van der Waals surface area contributed by atoms with Crippen LogP contribution in [-0.2, 0) is 0 Å². The van der Waals surface area contributed by atoms with E-state index in [0.717, 1.165) is 10.9 Å². The van der Waals surface area contributed by atoms with E-state index in [-0.39, 0.29) is 0 Å². The van der Waals surface area contributed by atoms with Crippen molar-refractivity contribution in [1.29, 1.82) is 0 Å². The number of amides is 1. The van der Waals surface area contributed by atoms with E-state index < -0.39 is 6.09 Å². The Kier molecular flexibility index (Phi) is 3.31. The van der Waals surface area contributed by atoms with Crippen LogP contribution in [0.3, 0.4) is 0 Å². The van der Waals surface area contributed by atoms with Crippen molar-refractivity contribution < 1.29 is 9.53 Å². The van der Waals surface area contributed by atoms with Gasteiger partial charge in [0.2, 0.25) is 0 Å². The predicted octanol–water partition coefficient (Wildman–Crippen LogP) is 4.43. The van der Waals surface area contributed by atoms with E-state index in [4.69, 9.17) is 16.3 Å². The number of aromatic nitrogens is 1. The van der Waals surface area contributed by atoms with Crippen molar-refractivity contribution in [1.82, 2.24) is 4.98 Å². The van der Waals surface area contributed by atoms with E-state index in [2.05, 4.69) is 10.3 Å². The highest BCUT2D eigenvalue weighted by Crippen LogP contribution is 2.25. The van der Waals surface area contributed by atoms with Gasteiger partial charge in [0.1, 0.15) is 0 Å². The zero-order valence-electron chi connectivity index (χ0n) is 10.4. The van der Waals surface area contributed by atoms with Crippen LogP contribution in [0, 0.1) is 0 Å². The molecule has 1 amide bonds. The summed E-state index contributed by atoms with van der Waals surface area (Å²) in [6.45, 7) is 0. The van der Waals surface area contributed by atoms with E-state index >= 15 is 0 Å². The van der Waals surface area contributed by atoms with E-state index in [1.807, 2.05) is 18.2 Å². The van der Waals surface area contributed by atoms with Crippen LogP contribution < -0.4 is 10.1 Å². The molecule has 0 radical (unpaired) electrons. The molecule has 0 aliphatic heterocycles. The second-order valence-corrected chi connectivity index (χ2v) is 4.60. The fourth-order valence-corrected chi connectivity index (χ4v) is 2.12. The third kappa shape index (κ3) is 2.46. The molecule has 5 heteroatoms. The summed E-state index contributed by atoms with van der Waals surface area (Å²) < 4.78 is 5.30. The van der Waals surface area contributed by atoms with Gasteiger partial charge in [-0.1, -0.05) is 35.9 Å². The van der Waals surface area contributed by atoms with Gasteiger partial charge in [-0.15, -0.1) is 0 Å². The molecule has 0 bridgehead atoms. The van der Waals surface area contributed by atoms with Crippen LogP contribution in [0.15, 0.2) is 54.7 Å². The molecule has 1 aromatic heterocycles. The first kappa shape index (κ1) is 12.6. The molecule has 2 N–H and O–H groups in total. The summed E-state index contributed by atoms with van der Waals surface area (Å²) in [5.74, 6) is 0.469. The number of ether oxygens (including phenoxy) is 1. The summed E-state index contributed by atoms with van der Waals surface area (Å²) in [5, 5.41) is 4.05. The highest BCUT2D eigenvalue weighted by molar-refractivity contribution is 6.33. The number of hydrogen-bond donors (Lipinski definition) is 2. The number of H-pyrrole nitrogens is 1. The minimum Gasteiger partial charge on any atom is -0.408 e. The number of carbonyl (C=O) groups is 1. The summed E-state index contributed by atoms with van der Waals surface area (Å²) in [4.78, 5) is 14.9. The molecular weight excluding hydrogens is 276 g/mol. The maximum atomic E-state index is 11.9. The van der Waals surface area contributed by atoms with Gasteiger partial charge in [-0.2, -0.15) is 0 Å². The highest BCUT2D eigenvalue weighted by atomic mass is 35.5. The molecule has 20 heavy (non-hydrogen) atoms. The Bertz CT molecular complexity index is 767. The fraction of sp³-hybridized carbons (Fsp3) is 0. The minimum absolute atomic E-state index is 0.461. The first-order chi connectivity index (χ1) is 9.74. The van der Waals surface area contributed by atoms with Crippen molar-refractivity contribution in [3.63, 3.8) is 0 Å². The molecule has 0 saturated carbocycles. The van der Waals surface area contributed by atoms with Gasteiger partial charge in [-0.05, 0) is 24.3 Å². The smallest absolute Gasteiger partial charge is 0.408 e. The summed E-state index contributed by atoms with van der Waals surface area (Å²) in [6, 6.07) is 14.4. The molecule has 1 heterocycles. The monoisotopic (exact) mass is 286 g/mol. The van der Waals surface area contributed by atoms with Crippen LogP contribution in [0.5, 0.6) is 5.75 Å². The lowest BCUT2D eigenvalue weighted by Crippen LogP contribution is -2.17. The van der Waals surface area contributed by atoms with Crippen LogP contribution in [0.2, 0.25) is 5.02 Å². The van der Waals surface area contributed by atoms with Crippen LogP contribution >= 0.6 is 11.6 Å². The van der Waals surface area contributed by atoms with Gasteiger partial charge in [-0.25, -0.2) is 4.79 Å². The number of para-hydroxylation sites is 2. The summed E-state index contributed by atoms with van der Waals surface area (Å²) in [5.41, 5.74) is 1.29. The summed E-state index contributed by atoms with van der Waals surface area (Å²) in [6.07, 6.45) is 1.21. The first-order valence-electron chi connectivity index (χ1n) is 6.03. The van der Waals surface area contributed by atoms with Gasteiger partial charge >= 0.3 is 6.09 Å². The van der Waals surface area contributed by atoms with Crippen molar-refractivity contribution in [2.45, 2.75) is 0 Å². The van der Waals surface area contributed by atoms with E-state index in [0.29, 0.717) is 16.5 Å². The van der Waals surface area contributed by atoms with Gasteiger partial charge in [-0.3, -0.25) is 5.32 Å². The maximum Gasteiger partial charge on any atom is 0.417 e. The number of hydrogen-bond acceptors (Lipinski definition) is 2. The molecule has 100 valence electrons. The molecule has 0 fully saturated rings. The van der Waals surface area contributed by atoms with Gasteiger partial charge in [0, 0.05) is 11.6 Å². The zero-order valence-corrected chi connectivity index (χ0v) is 11.1. The van der Waals surface area contributed by atoms with Crippen LogP contribution in [-0.4, -0.2) is 11.1 Å². The third-order valence-electron chi connectivity index (χ3n) is 2.86. The molecular formula is C15H11ClN2O2. The number of benzene rings is 2. The Labute approximate surface area is 120 Å². The van der Waals surface area contributed by atoms with Crippen LogP contribution in [0.25, 0.3) is 10.9 Å². The quantitative estimate of drug-likeness (QED) is 0.732. The van der Waals surface area contributed by atoms with Crippen LogP contribution in [0.4, 0.5) is 10.5 Å². The molecule has 0 atom stereocenters. The molecule has 0 aliphatic rings. The number of anilines is 1. The van der Waals surface area contributed by atoms with Crippen molar-refractivity contribution in [3.8, 4) is 5.75 Å². The average molecular weight is 287 g/mol. The van der Waals surface area contributed by atoms with Crippen molar-refractivity contribution in [2.24, 2.45) is 0 Å². The molecule has 3 rings (SSSR count). The standard InChI is InChI=1S/C15H11ClN2O2/c16-11-5-1-2-6-12(11)18-15(19)20-13-7-3-4-10-8-9-17-14(10)13/h1-9,17H,(H,18,19). The first-order valence-corrected chi connectivity index (χ1v) is 6.41. The van der Waals surface area contributed by atoms with Crippen LogP contribution in [0.1, 0.15) is 0 Å². The molecule has 0 spiro atoms. The summed E-state index contributed by atoms with van der Waals surface area (Å²) in [7, 11) is 0. The van der Waals surface area contributed by atoms with Crippen molar-refractivity contribution >= 4 is 34.3 Å². The Morgan fingerprint density at radius 1 is 1.10 bits per heavy atom. The van der Waals surface area contributed by atoms with Gasteiger partial charge < -0.3 is 9.72 Å². The Morgan fingerprint density at radius 2 is 1.95 bits per heavy atom. The largest absolute Gasteiger partial charge is 0.417 e. The summed E-state index contributed by atoms with van der Waals surface area (Å²) >= 11 is 5.97. The Morgan fingerprint density at radius 3 is 2.80 bits per heavy atom. The van der Waals surface area contributed by atoms with Gasteiger partial charge in [0.05, 0.1) is 16.2 Å². The normalized spacial score (nSPS) is 10.4. The number of halogens is 1.